The van der Waals surface area contributed by atoms with Crippen LogP contribution in [0.4, 0.5) is 5.69 Å². The number of hydrogen-bond donors (Lipinski definition) is 1. The number of aliphatic carboxylic acids is 1. The summed E-state index contributed by atoms with van der Waals surface area (Å²) in [7, 11) is 0. The fourth-order valence-corrected chi connectivity index (χ4v) is 2.53. The van der Waals surface area contributed by atoms with Crippen molar-refractivity contribution in [2.45, 2.75) is 38.7 Å². The van der Waals surface area contributed by atoms with Crippen LogP contribution in [0.25, 0.3) is 0 Å². The van der Waals surface area contributed by atoms with Crippen molar-refractivity contribution in [1.82, 2.24) is 0 Å². The molecule has 0 spiro atoms. The van der Waals surface area contributed by atoms with E-state index < -0.39 is 11.9 Å². The average Bonchev–Trinajstić information content (AvgIpc) is 2.83. The van der Waals surface area contributed by atoms with E-state index in [0.29, 0.717) is 19.4 Å². The van der Waals surface area contributed by atoms with Gasteiger partial charge in [0.15, 0.2) is 0 Å². The first-order valence-electron chi connectivity index (χ1n) is 7.24. The number of carbonyl (C=O) groups excluding carboxylic acids is 1. The molecule has 1 aliphatic rings. The third kappa shape index (κ3) is 3.61. The quantitative estimate of drug-likeness (QED) is 0.817. The van der Waals surface area contributed by atoms with Gasteiger partial charge < -0.3 is 14.7 Å². The van der Waals surface area contributed by atoms with Crippen molar-refractivity contribution in [1.29, 1.82) is 0 Å². The number of anilines is 1. The summed E-state index contributed by atoms with van der Waals surface area (Å²) in [5, 5.41) is 9.28. The monoisotopic (exact) mass is 291 g/mol. The van der Waals surface area contributed by atoms with Gasteiger partial charge in [-0.3, -0.25) is 9.59 Å². The third-order valence-corrected chi connectivity index (χ3v) is 3.55. The van der Waals surface area contributed by atoms with Gasteiger partial charge in [-0.2, -0.15) is 0 Å². The lowest BCUT2D eigenvalue weighted by molar-refractivity contribution is -0.138. The largest absolute Gasteiger partial charge is 0.481 e. The Labute approximate surface area is 124 Å². The average molecular weight is 291 g/mol. The number of rotatable bonds is 6. The minimum atomic E-state index is -0.888. The van der Waals surface area contributed by atoms with E-state index >= 15 is 0 Å². The third-order valence-electron chi connectivity index (χ3n) is 3.55. The van der Waals surface area contributed by atoms with Crippen LogP contribution < -0.4 is 4.90 Å². The molecular formula is C16H21NO4. The number of amides is 1. The second-order valence-corrected chi connectivity index (χ2v) is 5.48. The lowest BCUT2D eigenvalue weighted by Crippen LogP contribution is -2.31. The minimum Gasteiger partial charge on any atom is -0.481 e. The number of carbonyl (C=O) groups is 2. The number of ether oxygens (including phenoxy) is 1. The van der Waals surface area contributed by atoms with Gasteiger partial charge in [0.25, 0.3) is 0 Å². The van der Waals surface area contributed by atoms with Crippen LogP contribution in [-0.4, -0.2) is 36.2 Å². The van der Waals surface area contributed by atoms with E-state index in [1.54, 1.807) is 23.1 Å². The standard InChI is InChI=1S/C16H21NO4/c1-11(2)21-9-5-8-15(18)17-10-13(16(19)20)12-6-3-4-7-14(12)17/h3-4,6-7,11,13H,5,8-10H2,1-2H3,(H,19,20). The van der Waals surface area contributed by atoms with Crippen LogP contribution in [0.5, 0.6) is 0 Å². The Kier molecular flexibility index (Phi) is 4.96. The number of benzene rings is 1. The second-order valence-electron chi connectivity index (χ2n) is 5.48. The van der Waals surface area contributed by atoms with Crippen molar-refractivity contribution in [2.75, 3.05) is 18.1 Å². The minimum absolute atomic E-state index is 0.0430. The van der Waals surface area contributed by atoms with Crippen LogP contribution in [-0.2, 0) is 14.3 Å². The van der Waals surface area contributed by atoms with Crippen LogP contribution in [0.2, 0.25) is 0 Å². The molecule has 0 aromatic heterocycles. The summed E-state index contributed by atoms with van der Waals surface area (Å²) in [5.74, 6) is -1.56. The Morgan fingerprint density at radius 2 is 2.10 bits per heavy atom. The van der Waals surface area contributed by atoms with Gasteiger partial charge in [0.05, 0.1) is 6.10 Å². The highest BCUT2D eigenvalue weighted by molar-refractivity contribution is 5.98. The molecule has 1 aromatic rings. The molecule has 0 saturated heterocycles. The lowest BCUT2D eigenvalue weighted by Gasteiger charge is -2.17. The maximum Gasteiger partial charge on any atom is 0.312 e. The Morgan fingerprint density at radius 3 is 2.76 bits per heavy atom. The first-order valence-corrected chi connectivity index (χ1v) is 7.24. The highest BCUT2D eigenvalue weighted by atomic mass is 16.5. The Bertz CT molecular complexity index is 527. The molecule has 2 rings (SSSR count). The molecule has 5 heteroatoms. The van der Waals surface area contributed by atoms with Crippen LogP contribution in [0, 0.1) is 0 Å². The Morgan fingerprint density at radius 1 is 1.38 bits per heavy atom. The van der Waals surface area contributed by atoms with Gasteiger partial charge in [-0.05, 0) is 31.9 Å². The van der Waals surface area contributed by atoms with E-state index in [4.69, 9.17) is 4.74 Å². The summed E-state index contributed by atoms with van der Waals surface area (Å²) in [4.78, 5) is 25.2. The normalized spacial score (nSPS) is 17.1. The summed E-state index contributed by atoms with van der Waals surface area (Å²) >= 11 is 0. The van der Waals surface area contributed by atoms with E-state index in [1.165, 1.54) is 0 Å². The lowest BCUT2D eigenvalue weighted by atomic mass is 10.0. The molecule has 5 nitrogen and oxygen atoms in total. The molecule has 1 N–H and O–H groups in total. The molecule has 1 unspecified atom stereocenters. The number of nitrogens with zero attached hydrogens (tertiary/aromatic N) is 1. The van der Waals surface area contributed by atoms with Gasteiger partial charge in [0.2, 0.25) is 5.91 Å². The predicted octanol–water partition coefficient (Wildman–Crippen LogP) is 2.41. The Hall–Kier alpha value is -1.88. The van der Waals surface area contributed by atoms with Crippen molar-refractivity contribution in [3.8, 4) is 0 Å². The second kappa shape index (κ2) is 6.72. The van der Waals surface area contributed by atoms with Crippen molar-refractivity contribution >= 4 is 17.6 Å². The van der Waals surface area contributed by atoms with E-state index in [1.807, 2.05) is 19.9 Å². The number of fused-ring (bicyclic) bond motifs is 1. The molecule has 0 aliphatic carbocycles. The van der Waals surface area contributed by atoms with Crippen molar-refractivity contribution in [2.24, 2.45) is 0 Å². The summed E-state index contributed by atoms with van der Waals surface area (Å²) in [5.41, 5.74) is 1.44. The SMILES string of the molecule is CC(C)OCCCC(=O)N1CC(C(=O)O)c2ccccc21. The molecule has 0 fully saturated rings. The molecule has 0 saturated carbocycles. The zero-order valence-corrected chi connectivity index (χ0v) is 12.4. The van der Waals surface area contributed by atoms with Gasteiger partial charge in [-0.25, -0.2) is 0 Å². The molecule has 114 valence electrons. The van der Waals surface area contributed by atoms with Gasteiger partial charge in [-0.1, -0.05) is 18.2 Å². The number of para-hydroxylation sites is 1. The summed E-state index contributed by atoms with van der Waals surface area (Å²) in [6, 6.07) is 7.22. The summed E-state index contributed by atoms with van der Waals surface area (Å²) in [6.45, 7) is 4.67. The van der Waals surface area contributed by atoms with Crippen molar-refractivity contribution < 1.29 is 19.4 Å². The summed E-state index contributed by atoms with van der Waals surface area (Å²) < 4.78 is 5.42. The Balaban J connectivity index is 2.01. The van der Waals surface area contributed by atoms with E-state index in [2.05, 4.69) is 0 Å². The fraction of sp³-hybridized carbons (Fsp3) is 0.500. The fourth-order valence-electron chi connectivity index (χ4n) is 2.53. The molecule has 1 aromatic carbocycles. The topological polar surface area (TPSA) is 66.8 Å². The molecule has 1 aliphatic heterocycles. The van der Waals surface area contributed by atoms with Crippen LogP contribution in [0.1, 0.15) is 38.2 Å². The smallest absolute Gasteiger partial charge is 0.312 e. The van der Waals surface area contributed by atoms with E-state index in [0.717, 1.165) is 11.3 Å². The van der Waals surface area contributed by atoms with Crippen LogP contribution in [0.3, 0.4) is 0 Å². The summed E-state index contributed by atoms with van der Waals surface area (Å²) in [6.07, 6.45) is 1.17. The molecule has 1 heterocycles. The highest BCUT2D eigenvalue weighted by Gasteiger charge is 2.35. The molecule has 1 atom stereocenters. The molecule has 0 bridgehead atoms. The zero-order valence-electron chi connectivity index (χ0n) is 12.4. The highest BCUT2D eigenvalue weighted by Crippen LogP contribution is 2.36. The maximum atomic E-state index is 12.3. The number of hydrogen-bond acceptors (Lipinski definition) is 3. The van der Waals surface area contributed by atoms with Gasteiger partial charge in [-0.15, -0.1) is 0 Å². The number of carboxylic acid groups (broad SMARTS) is 1. The molecular weight excluding hydrogens is 270 g/mol. The predicted molar refractivity (Wildman–Crippen MR) is 79.5 cm³/mol. The maximum absolute atomic E-state index is 12.3. The van der Waals surface area contributed by atoms with Gasteiger partial charge in [0.1, 0.15) is 5.92 Å². The van der Waals surface area contributed by atoms with Crippen molar-refractivity contribution in [3.05, 3.63) is 29.8 Å². The van der Waals surface area contributed by atoms with Gasteiger partial charge >= 0.3 is 5.97 Å². The van der Waals surface area contributed by atoms with E-state index in [9.17, 15) is 14.7 Å². The van der Waals surface area contributed by atoms with E-state index in [-0.39, 0.29) is 18.6 Å². The van der Waals surface area contributed by atoms with Crippen molar-refractivity contribution in [3.63, 3.8) is 0 Å². The zero-order chi connectivity index (χ0) is 15.4. The van der Waals surface area contributed by atoms with Gasteiger partial charge in [0, 0.05) is 25.3 Å². The first-order chi connectivity index (χ1) is 10.0. The van der Waals surface area contributed by atoms with Crippen LogP contribution in [0.15, 0.2) is 24.3 Å². The molecule has 21 heavy (non-hydrogen) atoms. The molecule has 1 amide bonds. The van der Waals surface area contributed by atoms with Crippen LogP contribution >= 0.6 is 0 Å². The molecule has 0 radical (unpaired) electrons. The first kappa shape index (κ1) is 15.5. The number of carboxylic acids is 1.